The van der Waals surface area contributed by atoms with Crippen LogP contribution in [0.5, 0.6) is 5.75 Å². The molecule has 0 saturated carbocycles. The van der Waals surface area contributed by atoms with Crippen LogP contribution in [0.25, 0.3) is 0 Å². The molecule has 0 radical (unpaired) electrons. The van der Waals surface area contributed by atoms with Crippen LogP contribution in [0.4, 0.5) is 0 Å². The number of unbranched alkanes of at least 4 members (excludes halogenated alkanes) is 11. The van der Waals surface area contributed by atoms with Gasteiger partial charge in [0, 0.05) is 11.0 Å². The van der Waals surface area contributed by atoms with Crippen molar-refractivity contribution in [2.24, 2.45) is 0 Å². The molecule has 190 valence electrons. The van der Waals surface area contributed by atoms with Crippen molar-refractivity contribution in [2.45, 2.75) is 135 Å². The van der Waals surface area contributed by atoms with Gasteiger partial charge in [0.25, 0.3) is 0 Å². The third kappa shape index (κ3) is 9.12. The van der Waals surface area contributed by atoms with E-state index < -0.39 is 0 Å². The molecule has 0 heterocycles. The fourth-order valence-corrected chi connectivity index (χ4v) is 5.54. The summed E-state index contributed by atoms with van der Waals surface area (Å²) in [7, 11) is 0. The van der Waals surface area contributed by atoms with Crippen molar-refractivity contribution < 1.29 is 5.11 Å². The summed E-state index contributed by atoms with van der Waals surface area (Å²) in [6, 6.07) is 16.9. The summed E-state index contributed by atoms with van der Waals surface area (Å²) in [5.74, 6) is 1.02. The van der Waals surface area contributed by atoms with Gasteiger partial charge < -0.3 is 5.11 Å². The zero-order valence-electron chi connectivity index (χ0n) is 22.7. The van der Waals surface area contributed by atoms with Gasteiger partial charge in [0.05, 0.1) is 0 Å². The fraction of sp³-hybridized carbons (Fsp3) is 0.636. The number of rotatable bonds is 18. The molecular formula is C33H52O. The summed E-state index contributed by atoms with van der Waals surface area (Å²) in [4.78, 5) is 0. The number of benzene rings is 2. The molecule has 2 rings (SSSR count). The zero-order chi connectivity index (χ0) is 24.7. The molecule has 0 saturated heterocycles. The number of aromatic hydroxyl groups is 1. The molecule has 0 aromatic heterocycles. The molecule has 1 unspecified atom stereocenters. The number of phenolic OH excluding ortho intramolecular Hbond substituents is 1. The van der Waals surface area contributed by atoms with Crippen molar-refractivity contribution in [3.05, 3.63) is 65.2 Å². The van der Waals surface area contributed by atoms with Crippen LogP contribution < -0.4 is 0 Å². The van der Waals surface area contributed by atoms with Crippen LogP contribution in [0.3, 0.4) is 0 Å². The second-order valence-corrected chi connectivity index (χ2v) is 10.9. The maximum atomic E-state index is 10.6. The largest absolute Gasteiger partial charge is 0.508 e. The van der Waals surface area contributed by atoms with E-state index in [1.54, 1.807) is 0 Å². The van der Waals surface area contributed by atoms with Crippen molar-refractivity contribution in [2.75, 3.05) is 0 Å². The zero-order valence-corrected chi connectivity index (χ0v) is 22.7. The van der Waals surface area contributed by atoms with Crippen LogP contribution in [0, 0.1) is 0 Å². The van der Waals surface area contributed by atoms with Gasteiger partial charge >= 0.3 is 0 Å². The molecular weight excluding hydrogens is 412 g/mol. The quantitative estimate of drug-likeness (QED) is 0.217. The molecule has 0 spiro atoms. The van der Waals surface area contributed by atoms with Gasteiger partial charge in [-0.2, -0.15) is 0 Å². The summed E-state index contributed by atoms with van der Waals surface area (Å²) >= 11 is 0. The molecule has 34 heavy (non-hydrogen) atoms. The highest BCUT2D eigenvalue weighted by atomic mass is 16.3. The highest BCUT2D eigenvalue weighted by molar-refractivity contribution is 5.48. The molecule has 2 aromatic carbocycles. The van der Waals surface area contributed by atoms with Crippen molar-refractivity contribution in [3.63, 3.8) is 0 Å². The van der Waals surface area contributed by atoms with Gasteiger partial charge in [-0.3, -0.25) is 0 Å². The highest BCUT2D eigenvalue weighted by Crippen LogP contribution is 2.42. The van der Waals surface area contributed by atoms with E-state index in [4.69, 9.17) is 0 Å². The van der Waals surface area contributed by atoms with Gasteiger partial charge in [-0.1, -0.05) is 154 Å². The van der Waals surface area contributed by atoms with Crippen LogP contribution in [0.15, 0.2) is 48.5 Å². The first kappa shape index (κ1) is 28.5. The standard InChI is InChI=1S/C33H52O/c1-5-7-9-11-12-13-14-15-17-23-28(22-16-10-8-6-2)29-24-18-19-25-30(29)33(3,4)31-26-20-21-27-32(31)34/h18-21,24-28,34H,5-17,22-23H2,1-4H3. The van der Waals surface area contributed by atoms with E-state index in [-0.39, 0.29) is 5.41 Å². The van der Waals surface area contributed by atoms with E-state index in [2.05, 4.69) is 58.0 Å². The van der Waals surface area contributed by atoms with E-state index in [9.17, 15) is 5.11 Å². The van der Waals surface area contributed by atoms with Gasteiger partial charge in [-0.15, -0.1) is 0 Å². The lowest BCUT2D eigenvalue weighted by Gasteiger charge is -2.32. The van der Waals surface area contributed by atoms with Crippen LogP contribution in [0.2, 0.25) is 0 Å². The predicted molar refractivity (Wildman–Crippen MR) is 150 cm³/mol. The molecule has 0 bridgehead atoms. The molecule has 2 aromatic rings. The second-order valence-electron chi connectivity index (χ2n) is 10.9. The van der Waals surface area contributed by atoms with E-state index in [1.807, 2.05) is 18.2 Å². The molecule has 1 N–H and O–H groups in total. The minimum Gasteiger partial charge on any atom is -0.508 e. The highest BCUT2D eigenvalue weighted by Gasteiger charge is 2.30. The van der Waals surface area contributed by atoms with E-state index in [0.29, 0.717) is 11.7 Å². The van der Waals surface area contributed by atoms with E-state index >= 15 is 0 Å². The van der Waals surface area contributed by atoms with Crippen LogP contribution >= 0.6 is 0 Å². The molecule has 1 heteroatoms. The smallest absolute Gasteiger partial charge is 0.119 e. The Hall–Kier alpha value is -1.76. The van der Waals surface area contributed by atoms with Gasteiger partial charge in [-0.25, -0.2) is 0 Å². The Morgan fingerprint density at radius 1 is 0.588 bits per heavy atom. The number of phenols is 1. The summed E-state index contributed by atoms with van der Waals surface area (Å²) in [5, 5.41) is 10.6. The number of hydrogen-bond acceptors (Lipinski definition) is 1. The first-order valence-corrected chi connectivity index (χ1v) is 14.4. The number of hydrogen-bond donors (Lipinski definition) is 1. The Morgan fingerprint density at radius 2 is 1.03 bits per heavy atom. The fourth-order valence-electron chi connectivity index (χ4n) is 5.54. The second kappa shape index (κ2) is 16.0. The Labute approximate surface area is 211 Å². The minimum absolute atomic E-state index is 0.220. The summed E-state index contributed by atoms with van der Waals surface area (Å²) in [6.07, 6.45) is 20.3. The SMILES string of the molecule is CCCCCCCCCCCC(CCCCCC)c1ccccc1C(C)(C)c1ccccc1O. The Balaban J connectivity index is 2.08. The van der Waals surface area contributed by atoms with Crippen LogP contribution in [0.1, 0.15) is 147 Å². The maximum Gasteiger partial charge on any atom is 0.119 e. The van der Waals surface area contributed by atoms with Gasteiger partial charge in [0.15, 0.2) is 0 Å². The first-order valence-electron chi connectivity index (χ1n) is 14.4. The summed E-state index contributed by atoms with van der Waals surface area (Å²) in [5.41, 5.74) is 3.69. The minimum atomic E-state index is -0.220. The van der Waals surface area contributed by atoms with Crippen LogP contribution in [-0.4, -0.2) is 5.11 Å². The molecule has 0 amide bonds. The maximum absolute atomic E-state index is 10.6. The lowest BCUT2D eigenvalue weighted by Crippen LogP contribution is -2.22. The lowest BCUT2D eigenvalue weighted by molar-refractivity contribution is 0.449. The van der Waals surface area contributed by atoms with Crippen molar-refractivity contribution in [3.8, 4) is 5.75 Å². The summed E-state index contributed by atoms with van der Waals surface area (Å²) in [6.45, 7) is 9.13. The normalized spacial score (nSPS) is 12.7. The average Bonchev–Trinajstić information content (AvgIpc) is 2.84. The third-order valence-electron chi connectivity index (χ3n) is 7.71. The Morgan fingerprint density at radius 3 is 1.59 bits per heavy atom. The molecule has 0 fully saturated rings. The van der Waals surface area contributed by atoms with Crippen molar-refractivity contribution in [1.82, 2.24) is 0 Å². The van der Waals surface area contributed by atoms with Gasteiger partial charge in [0.1, 0.15) is 5.75 Å². The first-order chi connectivity index (χ1) is 16.5. The van der Waals surface area contributed by atoms with Crippen LogP contribution in [-0.2, 0) is 5.41 Å². The van der Waals surface area contributed by atoms with E-state index in [1.165, 1.54) is 107 Å². The molecule has 0 aliphatic carbocycles. The van der Waals surface area contributed by atoms with Crippen molar-refractivity contribution >= 4 is 0 Å². The topological polar surface area (TPSA) is 20.2 Å². The van der Waals surface area contributed by atoms with Gasteiger partial charge in [-0.05, 0) is 36.0 Å². The van der Waals surface area contributed by atoms with Crippen molar-refractivity contribution in [1.29, 1.82) is 0 Å². The average molecular weight is 465 g/mol. The van der Waals surface area contributed by atoms with E-state index in [0.717, 1.165) is 5.56 Å². The lowest BCUT2D eigenvalue weighted by atomic mass is 9.72. The molecule has 1 nitrogen and oxygen atoms in total. The number of para-hydroxylation sites is 1. The third-order valence-corrected chi connectivity index (χ3v) is 7.71. The summed E-state index contributed by atoms with van der Waals surface area (Å²) < 4.78 is 0. The monoisotopic (exact) mass is 464 g/mol. The Bertz CT molecular complexity index is 791. The van der Waals surface area contributed by atoms with Gasteiger partial charge in [0.2, 0.25) is 0 Å². The molecule has 1 atom stereocenters. The molecule has 0 aliphatic rings. The predicted octanol–water partition coefficient (Wildman–Crippen LogP) is 10.7. The molecule has 0 aliphatic heterocycles. The Kier molecular flexibility index (Phi) is 13.4.